The van der Waals surface area contributed by atoms with Crippen LogP contribution in [-0.4, -0.2) is 29.5 Å². The van der Waals surface area contributed by atoms with Gasteiger partial charge in [-0.1, -0.05) is 39.5 Å². The molecule has 3 heteroatoms. The van der Waals surface area contributed by atoms with E-state index in [1.54, 1.807) is 0 Å². The van der Waals surface area contributed by atoms with E-state index in [9.17, 15) is 10.2 Å². The maximum atomic E-state index is 9.53. The van der Waals surface area contributed by atoms with Gasteiger partial charge in [-0.05, 0) is 0 Å². The van der Waals surface area contributed by atoms with E-state index in [4.69, 9.17) is 0 Å². The number of hydrogen-bond acceptors (Lipinski definition) is 2. The zero-order valence-corrected chi connectivity index (χ0v) is 12.1. The van der Waals surface area contributed by atoms with Crippen LogP contribution in [-0.2, 0) is 0 Å². The number of unbranched alkanes of at least 4 members (excludes halogenated alkanes) is 2. The van der Waals surface area contributed by atoms with E-state index >= 15 is 0 Å². The van der Waals surface area contributed by atoms with Gasteiger partial charge in [0.05, 0.1) is 0 Å². The molecule has 0 aliphatic rings. The fourth-order valence-electron chi connectivity index (χ4n) is 0.289. The molecular formula is C12H27AlO2. The summed E-state index contributed by atoms with van der Waals surface area (Å²) in [7, 11) is 0. The molecule has 0 saturated heterocycles. The van der Waals surface area contributed by atoms with Gasteiger partial charge in [0.2, 0.25) is 0 Å². The molecule has 15 heavy (non-hydrogen) atoms. The van der Waals surface area contributed by atoms with Gasteiger partial charge in [-0.3, -0.25) is 0 Å². The van der Waals surface area contributed by atoms with E-state index in [2.05, 4.69) is 30.1 Å². The van der Waals surface area contributed by atoms with Crippen molar-refractivity contribution < 1.29 is 10.2 Å². The fourth-order valence-corrected chi connectivity index (χ4v) is 0.289. The Labute approximate surface area is 105 Å². The Hall–Kier alpha value is 0.452. The summed E-state index contributed by atoms with van der Waals surface area (Å²) in [5.74, 6) is 0. The average Bonchev–Trinajstić information content (AvgIpc) is 2.22. The fraction of sp³-hybridized carbons (Fsp3) is 1.00. The van der Waals surface area contributed by atoms with Crippen LogP contribution >= 0.6 is 0 Å². The molecule has 0 aliphatic carbocycles. The molecule has 90 valence electrons. The molecule has 1 atom stereocenters. The average molecular weight is 230 g/mol. The molecule has 0 aromatic rings. The summed E-state index contributed by atoms with van der Waals surface area (Å²) in [5.41, 5.74) is 0. The summed E-state index contributed by atoms with van der Waals surface area (Å²) in [5, 5.41) is 19.1. The topological polar surface area (TPSA) is 46.1 Å². The molecule has 2 nitrogen and oxygen atoms in total. The van der Waals surface area contributed by atoms with Crippen molar-refractivity contribution in [3.8, 4) is 0 Å². The third kappa shape index (κ3) is 53.8. The molecule has 0 rings (SSSR count). The van der Waals surface area contributed by atoms with Gasteiger partial charge in [0.25, 0.3) is 0 Å². The minimum atomic E-state index is 0.0938. The SMILES string of the molecule is CCCC[O-].CCCC[O-].CC[CH](C)[Al+2]. The van der Waals surface area contributed by atoms with Crippen LogP contribution in [0, 0.1) is 0 Å². The van der Waals surface area contributed by atoms with E-state index in [1.165, 1.54) is 6.42 Å². The van der Waals surface area contributed by atoms with Crippen molar-refractivity contribution in [1.29, 1.82) is 0 Å². The summed E-state index contributed by atoms with van der Waals surface area (Å²) in [6.07, 6.45) is 5.00. The summed E-state index contributed by atoms with van der Waals surface area (Å²) in [6.45, 7) is 8.57. The third-order valence-corrected chi connectivity index (χ3v) is 2.11. The molecule has 0 bridgehead atoms. The van der Waals surface area contributed by atoms with Crippen LogP contribution in [0.4, 0.5) is 0 Å². The van der Waals surface area contributed by atoms with Crippen molar-refractivity contribution in [2.75, 3.05) is 13.2 Å². The van der Waals surface area contributed by atoms with Gasteiger partial charge in [0, 0.05) is 0 Å². The first-order valence-corrected chi connectivity index (χ1v) is 6.68. The second-order valence-corrected chi connectivity index (χ2v) is 4.64. The summed E-state index contributed by atoms with van der Waals surface area (Å²) in [4.78, 5) is 0. The van der Waals surface area contributed by atoms with Crippen molar-refractivity contribution in [1.82, 2.24) is 0 Å². The molecule has 1 unspecified atom stereocenters. The molecule has 0 amide bonds. The molecular weight excluding hydrogens is 203 g/mol. The predicted octanol–water partition coefficient (Wildman–Crippen LogP) is 1.67. The first-order valence-electron chi connectivity index (χ1n) is 6.02. The van der Waals surface area contributed by atoms with Gasteiger partial charge in [-0.15, -0.1) is 13.2 Å². The Kier molecular flexibility index (Phi) is 33.2. The second-order valence-electron chi connectivity index (χ2n) is 3.50. The van der Waals surface area contributed by atoms with E-state index in [0.717, 1.165) is 30.5 Å². The monoisotopic (exact) mass is 230 g/mol. The molecule has 0 radical (unpaired) electrons. The summed E-state index contributed by atoms with van der Waals surface area (Å²) >= 11 is 2.73. The quantitative estimate of drug-likeness (QED) is 0.674. The van der Waals surface area contributed by atoms with Gasteiger partial charge in [-0.25, -0.2) is 0 Å². The first-order chi connectivity index (χ1) is 7.10. The Morgan fingerprint density at radius 2 is 1.20 bits per heavy atom. The predicted molar refractivity (Wildman–Crippen MR) is 65.0 cm³/mol. The van der Waals surface area contributed by atoms with Gasteiger partial charge in [0.1, 0.15) is 0 Å². The van der Waals surface area contributed by atoms with Crippen molar-refractivity contribution >= 4 is 16.3 Å². The van der Waals surface area contributed by atoms with Crippen LogP contribution in [0.1, 0.15) is 59.8 Å². The van der Waals surface area contributed by atoms with Crippen molar-refractivity contribution in [3.63, 3.8) is 0 Å². The second kappa shape index (κ2) is 23.9. The van der Waals surface area contributed by atoms with E-state index in [0.29, 0.717) is 0 Å². The summed E-state index contributed by atoms with van der Waals surface area (Å²) < 4.78 is 0.801. The molecule has 0 saturated carbocycles. The van der Waals surface area contributed by atoms with Crippen LogP contribution in [0.2, 0.25) is 4.78 Å². The van der Waals surface area contributed by atoms with Crippen molar-refractivity contribution in [2.24, 2.45) is 0 Å². The normalized spacial score (nSPS) is 10.7. The van der Waals surface area contributed by atoms with Crippen LogP contribution in [0.15, 0.2) is 0 Å². The van der Waals surface area contributed by atoms with Gasteiger partial charge >= 0.3 is 41.3 Å². The maximum absolute atomic E-state index is 9.53. The minimum absolute atomic E-state index is 0.0938. The van der Waals surface area contributed by atoms with Gasteiger partial charge in [-0.2, -0.15) is 0 Å². The van der Waals surface area contributed by atoms with Crippen LogP contribution in [0.25, 0.3) is 0 Å². The third-order valence-electron chi connectivity index (χ3n) is 1.64. The van der Waals surface area contributed by atoms with Crippen molar-refractivity contribution in [3.05, 3.63) is 0 Å². The Bertz CT molecular complexity index is 68.0. The zero-order valence-electron chi connectivity index (χ0n) is 10.9. The Morgan fingerprint density at radius 3 is 1.20 bits per heavy atom. The molecule has 0 aromatic carbocycles. The Balaban J connectivity index is -0.000000144. The molecule has 0 spiro atoms. The molecule has 0 aliphatic heterocycles. The van der Waals surface area contributed by atoms with Crippen LogP contribution < -0.4 is 10.2 Å². The molecule has 0 fully saturated rings. The van der Waals surface area contributed by atoms with E-state index in [-0.39, 0.29) is 13.2 Å². The number of rotatable bonds is 5. The van der Waals surface area contributed by atoms with E-state index in [1.807, 2.05) is 13.8 Å². The van der Waals surface area contributed by atoms with E-state index < -0.39 is 0 Å². The van der Waals surface area contributed by atoms with Gasteiger partial charge < -0.3 is 10.2 Å². The number of hydrogen-bond donors (Lipinski definition) is 0. The van der Waals surface area contributed by atoms with Crippen LogP contribution in [0.5, 0.6) is 0 Å². The summed E-state index contributed by atoms with van der Waals surface area (Å²) in [6, 6.07) is 0. The standard InChI is InChI=1S/2C4H9O.C4H9.Al/c2*1-2-3-4-5;1-3-4-2;/h2*2-4H2,1H3;3H,4H2,1-2H3;/q2*-1;;+2. The van der Waals surface area contributed by atoms with Crippen molar-refractivity contribution in [2.45, 2.75) is 64.6 Å². The Morgan fingerprint density at radius 1 is 0.933 bits per heavy atom. The van der Waals surface area contributed by atoms with Crippen LogP contribution in [0.3, 0.4) is 0 Å². The zero-order chi connectivity index (χ0) is 12.5. The molecule has 0 aromatic heterocycles. The first kappa shape index (κ1) is 20.8. The van der Waals surface area contributed by atoms with Gasteiger partial charge in [0.15, 0.2) is 0 Å². The molecule has 0 heterocycles. The molecule has 0 N–H and O–H groups in total.